The average Bonchev–Trinajstić information content (AvgIpc) is 2.61. The second kappa shape index (κ2) is 2.09. The lowest BCUT2D eigenvalue weighted by Crippen LogP contribution is -1.90. The summed E-state index contributed by atoms with van der Waals surface area (Å²) in [5, 5.41) is 0. The number of halogens is 1. The van der Waals surface area contributed by atoms with Crippen LogP contribution in [-0.4, -0.2) is 9.55 Å². The summed E-state index contributed by atoms with van der Waals surface area (Å²) < 4.78 is 3.18. The number of aromatic nitrogens is 2. The molecule has 1 aliphatic carbocycles. The zero-order valence-electron chi connectivity index (χ0n) is 5.84. The Morgan fingerprint density at radius 3 is 2.80 bits per heavy atom. The summed E-state index contributed by atoms with van der Waals surface area (Å²) in [5.41, 5.74) is 1.10. The molecule has 0 aliphatic heterocycles. The molecule has 54 valence electrons. The molecule has 1 aromatic rings. The van der Waals surface area contributed by atoms with E-state index in [0.717, 1.165) is 16.5 Å². The molecule has 1 fully saturated rings. The fraction of sp³-hybridized carbons (Fsp3) is 0.571. The van der Waals surface area contributed by atoms with E-state index in [2.05, 4.69) is 31.7 Å². The molecule has 0 amide bonds. The lowest BCUT2D eigenvalue weighted by molar-refractivity contribution is 0.720. The van der Waals surface area contributed by atoms with Gasteiger partial charge in [0.05, 0.1) is 5.69 Å². The Bertz CT molecular complexity index is 250. The van der Waals surface area contributed by atoms with Crippen LogP contribution in [0, 0.1) is 6.92 Å². The molecule has 1 heterocycles. The van der Waals surface area contributed by atoms with E-state index in [4.69, 9.17) is 0 Å². The minimum Gasteiger partial charge on any atom is -0.322 e. The van der Waals surface area contributed by atoms with Crippen LogP contribution in [0.4, 0.5) is 0 Å². The van der Waals surface area contributed by atoms with Gasteiger partial charge in [-0.25, -0.2) is 4.98 Å². The maximum Gasteiger partial charge on any atom is 0.177 e. The Morgan fingerprint density at radius 2 is 2.40 bits per heavy atom. The molecule has 1 aliphatic rings. The Balaban J connectivity index is 2.38. The molecule has 0 saturated heterocycles. The van der Waals surface area contributed by atoms with Crippen LogP contribution >= 0.6 is 15.9 Å². The third-order valence-corrected chi connectivity index (χ3v) is 2.33. The molecule has 0 spiro atoms. The maximum atomic E-state index is 4.25. The molecule has 0 unspecified atom stereocenters. The van der Waals surface area contributed by atoms with Crippen molar-refractivity contribution in [3.05, 3.63) is 16.6 Å². The third kappa shape index (κ3) is 0.985. The zero-order valence-corrected chi connectivity index (χ0v) is 7.43. The Kier molecular flexibility index (Phi) is 1.34. The van der Waals surface area contributed by atoms with Gasteiger partial charge in [-0.1, -0.05) is 0 Å². The molecule has 0 N–H and O–H groups in total. The van der Waals surface area contributed by atoms with Gasteiger partial charge in [-0.3, -0.25) is 0 Å². The standard InChI is InChI=1S/C7H9BrN2/c1-5-4-10(6-2-3-6)7(8)9-5/h4,6H,2-3H2,1H3. The molecule has 1 aromatic heterocycles. The van der Waals surface area contributed by atoms with Gasteiger partial charge in [0, 0.05) is 12.2 Å². The van der Waals surface area contributed by atoms with Crippen molar-refractivity contribution in [1.82, 2.24) is 9.55 Å². The lowest BCUT2D eigenvalue weighted by atomic mass is 10.5. The van der Waals surface area contributed by atoms with Gasteiger partial charge < -0.3 is 4.57 Å². The van der Waals surface area contributed by atoms with Crippen LogP contribution in [0.5, 0.6) is 0 Å². The van der Waals surface area contributed by atoms with E-state index < -0.39 is 0 Å². The SMILES string of the molecule is Cc1cn(C2CC2)c(Br)n1. The minimum absolute atomic E-state index is 0.732. The van der Waals surface area contributed by atoms with Crippen molar-refractivity contribution in [3.63, 3.8) is 0 Å². The van der Waals surface area contributed by atoms with Gasteiger partial charge in [0.2, 0.25) is 0 Å². The summed E-state index contributed by atoms with van der Waals surface area (Å²) in [6.45, 7) is 2.02. The van der Waals surface area contributed by atoms with Crippen LogP contribution in [0.1, 0.15) is 24.6 Å². The van der Waals surface area contributed by atoms with E-state index in [1.807, 2.05) is 6.92 Å². The summed E-state index contributed by atoms with van der Waals surface area (Å²) in [4.78, 5) is 4.25. The summed E-state index contributed by atoms with van der Waals surface area (Å²) in [5.74, 6) is 0. The number of aryl methyl sites for hydroxylation is 1. The maximum absolute atomic E-state index is 4.25. The first-order valence-corrected chi connectivity index (χ1v) is 4.27. The average molecular weight is 201 g/mol. The highest BCUT2D eigenvalue weighted by molar-refractivity contribution is 9.10. The Hall–Kier alpha value is -0.310. The first-order chi connectivity index (χ1) is 4.77. The molecule has 0 atom stereocenters. The van der Waals surface area contributed by atoms with Gasteiger partial charge in [-0.2, -0.15) is 0 Å². The predicted molar refractivity (Wildman–Crippen MR) is 42.9 cm³/mol. The molecule has 3 heteroatoms. The molecule has 0 bridgehead atoms. The molecular formula is C7H9BrN2. The molecule has 1 saturated carbocycles. The number of hydrogen-bond donors (Lipinski definition) is 0. The van der Waals surface area contributed by atoms with Crippen LogP contribution in [0.15, 0.2) is 10.9 Å². The van der Waals surface area contributed by atoms with Gasteiger partial charge in [0.25, 0.3) is 0 Å². The monoisotopic (exact) mass is 200 g/mol. The van der Waals surface area contributed by atoms with Crippen molar-refractivity contribution in [1.29, 1.82) is 0 Å². The van der Waals surface area contributed by atoms with E-state index in [0.29, 0.717) is 0 Å². The topological polar surface area (TPSA) is 17.8 Å². The fourth-order valence-corrected chi connectivity index (χ4v) is 1.77. The first-order valence-electron chi connectivity index (χ1n) is 3.48. The fourth-order valence-electron chi connectivity index (χ4n) is 1.10. The van der Waals surface area contributed by atoms with Crippen molar-refractivity contribution in [2.45, 2.75) is 25.8 Å². The molecular weight excluding hydrogens is 192 g/mol. The smallest absolute Gasteiger partial charge is 0.177 e. The highest BCUT2D eigenvalue weighted by Gasteiger charge is 2.25. The molecule has 2 nitrogen and oxygen atoms in total. The Morgan fingerprint density at radius 1 is 1.70 bits per heavy atom. The molecule has 2 rings (SSSR count). The summed E-state index contributed by atoms with van der Waals surface area (Å²) in [6.07, 6.45) is 4.73. The van der Waals surface area contributed by atoms with Gasteiger partial charge in [-0.05, 0) is 35.7 Å². The highest BCUT2D eigenvalue weighted by atomic mass is 79.9. The number of imidazole rings is 1. The summed E-state index contributed by atoms with van der Waals surface area (Å²) >= 11 is 3.41. The molecule has 10 heavy (non-hydrogen) atoms. The quantitative estimate of drug-likeness (QED) is 0.681. The predicted octanol–water partition coefficient (Wildman–Crippen LogP) is 2.29. The van der Waals surface area contributed by atoms with E-state index in [1.54, 1.807) is 0 Å². The summed E-state index contributed by atoms with van der Waals surface area (Å²) in [7, 11) is 0. The van der Waals surface area contributed by atoms with Crippen LogP contribution in [-0.2, 0) is 0 Å². The van der Waals surface area contributed by atoms with E-state index >= 15 is 0 Å². The Labute approximate surface area is 68.4 Å². The number of hydrogen-bond acceptors (Lipinski definition) is 1. The lowest BCUT2D eigenvalue weighted by Gasteiger charge is -1.96. The number of rotatable bonds is 1. The van der Waals surface area contributed by atoms with Gasteiger partial charge in [0.1, 0.15) is 0 Å². The van der Waals surface area contributed by atoms with Gasteiger partial charge >= 0.3 is 0 Å². The largest absolute Gasteiger partial charge is 0.322 e. The highest BCUT2D eigenvalue weighted by Crippen LogP contribution is 2.37. The molecule has 0 aromatic carbocycles. The van der Waals surface area contributed by atoms with Gasteiger partial charge in [0.15, 0.2) is 4.73 Å². The second-order valence-corrected chi connectivity index (χ2v) is 3.50. The summed E-state index contributed by atoms with van der Waals surface area (Å²) in [6, 6.07) is 0.732. The zero-order chi connectivity index (χ0) is 7.14. The van der Waals surface area contributed by atoms with E-state index in [9.17, 15) is 0 Å². The first kappa shape index (κ1) is 6.40. The molecule has 0 radical (unpaired) electrons. The minimum atomic E-state index is 0.732. The van der Waals surface area contributed by atoms with Crippen molar-refractivity contribution < 1.29 is 0 Å². The second-order valence-electron chi connectivity index (χ2n) is 2.79. The van der Waals surface area contributed by atoms with Crippen LogP contribution in [0.3, 0.4) is 0 Å². The van der Waals surface area contributed by atoms with Crippen molar-refractivity contribution >= 4 is 15.9 Å². The van der Waals surface area contributed by atoms with Crippen LogP contribution in [0.2, 0.25) is 0 Å². The normalized spacial score (nSPS) is 17.8. The van der Waals surface area contributed by atoms with Gasteiger partial charge in [-0.15, -0.1) is 0 Å². The third-order valence-electron chi connectivity index (χ3n) is 1.75. The number of nitrogens with zero attached hydrogens (tertiary/aromatic N) is 2. The van der Waals surface area contributed by atoms with E-state index in [1.165, 1.54) is 12.8 Å². The van der Waals surface area contributed by atoms with Crippen molar-refractivity contribution in [2.75, 3.05) is 0 Å². The van der Waals surface area contributed by atoms with Crippen LogP contribution in [0.25, 0.3) is 0 Å². The van der Waals surface area contributed by atoms with Crippen molar-refractivity contribution in [3.8, 4) is 0 Å². The van der Waals surface area contributed by atoms with Crippen molar-refractivity contribution in [2.24, 2.45) is 0 Å². The van der Waals surface area contributed by atoms with Crippen LogP contribution < -0.4 is 0 Å². The van der Waals surface area contributed by atoms with E-state index in [-0.39, 0.29) is 0 Å².